The monoisotopic (exact) mass is 381 g/mol. The average molecular weight is 381 g/mol. The normalized spacial score (nSPS) is 10.7. The lowest BCUT2D eigenvalue weighted by Crippen LogP contribution is -2.41. The molecule has 0 saturated carbocycles. The molecule has 2 aromatic heterocycles. The molecule has 8 nitrogen and oxygen atoms in total. The maximum absolute atomic E-state index is 12.5. The molecule has 146 valence electrons. The first kappa shape index (κ1) is 19.3. The van der Waals surface area contributed by atoms with Crippen molar-refractivity contribution in [2.45, 2.75) is 40.0 Å². The summed E-state index contributed by atoms with van der Waals surface area (Å²) >= 11 is 0. The summed E-state index contributed by atoms with van der Waals surface area (Å²) in [5, 5.41) is 3.70. The predicted octanol–water partition coefficient (Wildman–Crippen LogP) is 2.57. The second-order valence-electron chi connectivity index (χ2n) is 6.55. The minimum Gasteiger partial charge on any atom is -0.339 e. The van der Waals surface area contributed by atoms with Crippen LogP contribution in [0, 0.1) is 20.8 Å². The fraction of sp³-hybridized carbons (Fsp3) is 0.300. The fourth-order valence-electron chi connectivity index (χ4n) is 3.07. The summed E-state index contributed by atoms with van der Waals surface area (Å²) in [5.41, 5.74) is 8.18. The molecule has 1 aromatic carbocycles. The molecule has 0 atom stereocenters. The van der Waals surface area contributed by atoms with Gasteiger partial charge in [0.1, 0.15) is 0 Å². The van der Waals surface area contributed by atoms with Crippen molar-refractivity contribution >= 4 is 11.8 Å². The van der Waals surface area contributed by atoms with E-state index in [1.807, 2.05) is 54.8 Å². The molecule has 2 N–H and O–H groups in total. The number of hydrogen-bond acceptors (Lipinski definition) is 5. The first-order valence-electron chi connectivity index (χ1n) is 9.08. The summed E-state index contributed by atoms with van der Waals surface area (Å²) < 4.78 is 7.00. The van der Waals surface area contributed by atoms with Crippen molar-refractivity contribution in [3.8, 4) is 5.69 Å². The van der Waals surface area contributed by atoms with Gasteiger partial charge in [0.15, 0.2) is 5.82 Å². The van der Waals surface area contributed by atoms with Crippen molar-refractivity contribution in [2.24, 2.45) is 0 Å². The number of para-hydroxylation sites is 1. The van der Waals surface area contributed by atoms with Crippen LogP contribution in [-0.4, -0.2) is 26.5 Å². The van der Waals surface area contributed by atoms with Crippen molar-refractivity contribution in [1.82, 2.24) is 25.6 Å². The van der Waals surface area contributed by atoms with Gasteiger partial charge in [0.05, 0.1) is 5.56 Å². The minimum absolute atomic E-state index is 0.241. The number of nitrogens with zero attached hydrogens (tertiary/aromatic N) is 3. The Morgan fingerprint density at radius 2 is 1.86 bits per heavy atom. The molecule has 0 radical (unpaired) electrons. The van der Waals surface area contributed by atoms with Gasteiger partial charge in [-0.05, 0) is 45.4 Å². The first-order chi connectivity index (χ1) is 13.5. The third kappa shape index (κ3) is 4.46. The van der Waals surface area contributed by atoms with Crippen LogP contribution in [0.25, 0.3) is 5.69 Å². The van der Waals surface area contributed by atoms with Gasteiger partial charge in [-0.3, -0.25) is 20.4 Å². The molecule has 0 unspecified atom stereocenters. The molecule has 8 heteroatoms. The van der Waals surface area contributed by atoms with E-state index in [4.69, 9.17) is 4.52 Å². The molecule has 0 fully saturated rings. The molecule has 0 aliphatic heterocycles. The number of carbonyl (C=O) groups excluding carboxylic acids is 2. The van der Waals surface area contributed by atoms with Gasteiger partial charge in [0.25, 0.3) is 5.91 Å². The standard InChI is InChI=1S/C20H23N5O3/c1-13-12-17(14(2)25(13)16-8-5-4-6-9-16)20(27)23-22-18(26)10-7-11-19-21-15(3)24-28-19/h4-6,8-9,12H,7,10-11H2,1-3H3,(H,22,26)(H,23,27). The van der Waals surface area contributed by atoms with Gasteiger partial charge in [-0.15, -0.1) is 0 Å². The Morgan fingerprint density at radius 3 is 2.54 bits per heavy atom. The Hall–Kier alpha value is -3.42. The summed E-state index contributed by atoms with van der Waals surface area (Å²) in [5.74, 6) is 0.445. The van der Waals surface area contributed by atoms with Crippen LogP contribution >= 0.6 is 0 Å². The van der Waals surface area contributed by atoms with Crippen LogP contribution in [-0.2, 0) is 11.2 Å². The van der Waals surface area contributed by atoms with E-state index in [2.05, 4.69) is 21.0 Å². The van der Waals surface area contributed by atoms with Gasteiger partial charge in [-0.25, -0.2) is 0 Å². The van der Waals surface area contributed by atoms with Crippen LogP contribution in [0.5, 0.6) is 0 Å². The Morgan fingerprint density at radius 1 is 1.11 bits per heavy atom. The second kappa shape index (κ2) is 8.51. The van der Waals surface area contributed by atoms with E-state index in [9.17, 15) is 9.59 Å². The highest BCUT2D eigenvalue weighted by atomic mass is 16.5. The van der Waals surface area contributed by atoms with Gasteiger partial charge in [-0.2, -0.15) is 4.98 Å². The Kier molecular flexibility index (Phi) is 5.88. The number of nitrogens with one attached hydrogen (secondary N) is 2. The SMILES string of the molecule is Cc1noc(CCCC(=O)NNC(=O)c2cc(C)n(-c3ccccc3)c2C)n1. The topological polar surface area (TPSA) is 102 Å². The van der Waals surface area contributed by atoms with Crippen LogP contribution in [0.15, 0.2) is 40.9 Å². The van der Waals surface area contributed by atoms with Gasteiger partial charge in [0.2, 0.25) is 11.8 Å². The Labute approximate surface area is 162 Å². The highest BCUT2D eigenvalue weighted by Crippen LogP contribution is 2.20. The third-order valence-electron chi connectivity index (χ3n) is 4.37. The third-order valence-corrected chi connectivity index (χ3v) is 4.37. The molecular formula is C20H23N5O3. The number of hydrogen-bond donors (Lipinski definition) is 2. The molecule has 0 saturated heterocycles. The van der Waals surface area contributed by atoms with E-state index < -0.39 is 0 Å². The van der Waals surface area contributed by atoms with Gasteiger partial charge in [-0.1, -0.05) is 23.4 Å². The van der Waals surface area contributed by atoms with E-state index in [-0.39, 0.29) is 18.2 Å². The van der Waals surface area contributed by atoms with E-state index >= 15 is 0 Å². The fourth-order valence-corrected chi connectivity index (χ4v) is 3.07. The number of benzene rings is 1. The number of hydrazine groups is 1. The predicted molar refractivity (Wildman–Crippen MR) is 103 cm³/mol. The Bertz CT molecular complexity index is 975. The number of aromatic nitrogens is 3. The smallest absolute Gasteiger partial charge is 0.271 e. The van der Waals surface area contributed by atoms with E-state index in [0.717, 1.165) is 17.1 Å². The molecular weight excluding hydrogens is 358 g/mol. The molecule has 3 aromatic rings. The summed E-state index contributed by atoms with van der Waals surface area (Å²) in [7, 11) is 0. The van der Waals surface area contributed by atoms with Crippen molar-refractivity contribution in [3.63, 3.8) is 0 Å². The summed E-state index contributed by atoms with van der Waals surface area (Å²) in [6, 6.07) is 11.6. The van der Waals surface area contributed by atoms with Crippen LogP contribution in [0.1, 0.15) is 46.3 Å². The zero-order valence-corrected chi connectivity index (χ0v) is 16.2. The van der Waals surface area contributed by atoms with Crippen LogP contribution in [0.4, 0.5) is 0 Å². The molecule has 0 spiro atoms. The second-order valence-corrected chi connectivity index (χ2v) is 6.55. The largest absolute Gasteiger partial charge is 0.339 e. The zero-order chi connectivity index (χ0) is 20.1. The number of amides is 2. The maximum atomic E-state index is 12.5. The molecule has 0 aliphatic carbocycles. The Balaban J connectivity index is 1.54. The van der Waals surface area contributed by atoms with Crippen molar-refractivity contribution in [2.75, 3.05) is 0 Å². The number of carbonyl (C=O) groups is 2. The maximum Gasteiger partial charge on any atom is 0.271 e. The highest BCUT2D eigenvalue weighted by Gasteiger charge is 2.17. The van der Waals surface area contributed by atoms with Gasteiger partial charge >= 0.3 is 0 Å². The highest BCUT2D eigenvalue weighted by molar-refractivity contribution is 5.96. The lowest BCUT2D eigenvalue weighted by molar-refractivity contribution is -0.121. The molecule has 28 heavy (non-hydrogen) atoms. The molecule has 3 rings (SSSR count). The summed E-state index contributed by atoms with van der Waals surface area (Å²) in [6.07, 6.45) is 1.30. The van der Waals surface area contributed by atoms with Crippen LogP contribution in [0.3, 0.4) is 0 Å². The molecule has 2 heterocycles. The van der Waals surface area contributed by atoms with E-state index in [1.54, 1.807) is 6.92 Å². The summed E-state index contributed by atoms with van der Waals surface area (Å²) in [4.78, 5) is 28.5. The summed E-state index contributed by atoms with van der Waals surface area (Å²) in [6.45, 7) is 5.56. The molecule has 0 bridgehead atoms. The van der Waals surface area contributed by atoms with E-state index in [0.29, 0.717) is 30.1 Å². The lowest BCUT2D eigenvalue weighted by atomic mass is 10.2. The van der Waals surface area contributed by atoms with Crippen molar-refractivity contribution in [1.29, 1.82) is 0 Å². The van der Waals surface area contributed by atoms with Crippen molar-refractivity contribution < 1.29 is 14.1 Å². The van der Waals surface area contributed by atoms with Crippen LogP contribution < -0.4 is 10.9 Å². The first-order valence-corrected chi connectivity index (χ1v) is 9.08. The zero-order valence-electron chi connectivity index (χ0n) is 16.2. The lowest BCUT2D eigenvalue weighted by Gasteiger charge is -2.10. The quantitative estimate of drug-likeness (QED) is 0.639. The van der Waals surface area contributed by atoms with Crippen molar-refractivity contribution in [3.05, 3.63) is 65.1 Å². The number of aryl methyl sites for hydroxylation is 3. The average Bonchev–Trinajstić information content (AvgIpc) is 3.23. The van der Waals surface area contributed by atoms with Crippen LogP contribution in [0.2, 0.25) is 0 Å². The van der Waals surface area contributed by atoms with E-state index in [1.165, 1.54) is 0 Å². The van der Waals surface area contributed by atoms with Gasteiger partial charge < -0.3 is 9.09 Å². The molecule has 2 amide bonds. The minimum atomic E-state index is -0.351. The molecule has 0 aliphatic rings. The number of rotatable bonds is 6. The van der Waals surface area contributed by atoms with Gasteiger partial charge in [0, 0.05) is 29.9 Å².